The Morgan fingerprint density at radius 1 is 1.00 bits per heavy atom. The van der Waals surface area contributed by atoms with Gasteiger partial charge in [-0.05, 0) is 56.0 Å². The van der Waals surface area contributed by atoms with Crippen LogP contribution in [0.1, 0.15) is 45.1 Å². The summed E-state index contributed by atoms with van der Waals surface area (Å²) in [7, 11) is 0. The second kappa shape index (κ2) is 9.63. The van der Waals surface area contributed by atoms with E-state index < -0.39 is 0 Å². The van der Waals surface area contributed by atoms with Gasteiger partial charge in [0.1, 0.15) is 0 Å². The standard InChI is InChI=1S/C16H25Cl2N/c1-13(2)12-19-10-6-4-3-5-7-14-8-9-15(17)16(18)11-14/h8-9,11,13,19H,3-7,10,12H2,1-2H3. The Hall–Kier alpha value is -0.240. The Morgan fingerprint density at radius 2 is 1.74 bits per heavy atom. The second-order valence-corrected chi connectivity index (χ2v) is 6.33. The average molecular weight is 302 g/mol. The molecule has 0 spiro atoms. The van der Waals surface area contributed by atoms with Crippen molar-refractivity contribution in [2.45, 2.75) is 46.0 Å². The molecule has 0 aliphatic carbocycles. The van der Waals surface area contributed by atoms with Crippen molar-refractivity contribution in [2.75, 3.05) is 13.1 Å². The lowest BCUT2D eigenvalue weighted by Gasteiger charge is -2.07. The summed E-state index contributed by atoms with van der Waals surface area (Å²) in [6, 6.07) is 5.93. The third-order valence-electron chi connectivity index (χ3n) is 3.11. The number of hydrogen-bond donors (Lipinski definition) is 1. The molecule has 0 amide bonds. The predicted molar refractivity (Wildman–Crippen MR) is 86.3 cm³/mol. The van der Waals surface area contributed by atoms with Crippen molar-refractivity contribution in [3.05, 3.63) is 33.8 Å². The van der Waals surface area contributed by atoms with E-state index in [1.165, 1.54) is 31.2 Å². The first-order chi connectivity index (χ1) is 9.09. The monoisotopic (exact) mass is 301 g/mol. The van der Waals surface area contributed by atoms with Crippen LogP contribution in [0.4, 0.5) is 0 Å². The first kappa shape index (κ1) is 16.8. The average Bonchev–Trinajstić information content (AvgIpc) is 2.36. The van der Waals surface area contributed by atoms with Gasteiger partial charge in [0, 0.05) is 0 Å². The molecule has 0 fully saturated rings. The fraction of sp³-hybridized carbons (Fsp3) is 0.625. The smallest absolute Gasteiger partial charge is 0.0595 e. The minimum Gasteiger partial charge on any atom is -0.316 e. The summed E-state index contributed by atoms with van der Waals surface area (Å²) >= 11 is 11.9. The number of rotatable bonds is 9. The van der Waals surface area contributed by atoms with Crippen LogP contribution in [0.15, 0.2) is 18.2 Å². The van der Waals surface area contributed by atoms with Crippen molar-refractivity contribution in [3.8, 4) is 0 Å². The van der Waals surface area contributed by atoms with E-state index in [0.717, 1.165) is 25.4 Å². The molecule has 0 bridgehead atoms. The third-order valence-corrected chi connectivity index (χ3v) is 3.84. The van der Waals surface area contributed by atoms with Gasteiger partial charge in [-0.1, -0.05) is 56.0 Å². The van der Waals surface area contributed by atoms with Crippen LogP contribution in [-0.4, -0.2) is 13.1 Å². The maximum absolute atomic E-state index is 6.00. The minimum atomic E-state index is 0.640. The summed E-state index contributed by atoms with van der Waals surface area (Å²) in [5.74, 6) is 0.745. The van der Waals surface area contributed by atoms with Gasteiger partial charge in [0.25, 0.3) is 0 Å². The van der Waals surface area contributed by atoms with Crippen LogP contribution >= 0.6 is 23.2 Å². The molecule has 0 aromatic heterocycles. The van der Waals surface area contributed by atoms with Crippen molar-refractivity contribution >= 4 is 23.2 Å². The molecule has 0 atom stereocenters. The van der Waals surface area contributed by atoms with Crippen LogP contribution < -0.4 is 5.32 Å². The van der Waals surface area contributed by atoms with E-state index in [1.54, 1.807) is 0 Å². The van der Waals surface area contributed by atoms with Gasteiger partial charge < -0.3 is 5.32 Å². The van der Waals surface area contributed by atoms with Crippen LogP contribution in [-0.2, 0) is 6.42 Å². The molecule has 3 heteroatoms. The summed E-state index contributed by atoms with van der Waals surface area (Å²) < 4.78 is 0. The summed E-state index contributed by atoms with van der Waals surface area (Å²) in [4.78, 5) is 0. The molecular formula is C16H25Cl2N. The number of nitrogens with one attached hydrogen (secondary N) is 1. The summed E-state index contributed by atoms with van der Waals surface area (Å²) in [6.07, 6.45) is 6.17. The Morgan fingerprint density at radius 3 is 2.42 bits per heavy atom. The highest BCUT2D eigenvalue weighted by atomic mass is 35.5. The van der Waals surface area contributed by atoms with Crippen molar-refractivity contribution < 1.29 is 0 Å². The van der Waals surface area contributed by atoms with Crippen LogP contribution in [0.25, 0.3) is 0 Å². The lowest BCUT2D eigenvalue weighted by atomic mass is 10.1. The fourth-order valence-corrected chi connectivity index (χ4v) is 2.34. The number of unbranched alkanes of at least 4 members (excludes halogenated alkanes) is 3. The summed E-state index contributed by atoms with van der Waals surface area (Å²) in [5.41, 5.74) is 1.28. The number of halogens is 2. The van der Waals surface area contributed by atoms with Gasteiger partial charge in [0.05, 0.1) is 10.0 Å². The zero-order valence-corrected chi connectivity index (χ0v) is 13.5. The molecule has 19 heavy (non-hydrogen) atoms. The zero-order valence-electron chi connectivity index (χ0n) is 12.0. The quantitative estimate of drug-likeness (QED) is 0.607. The van der Waals surface area contributed by atoms with Crippen LogP contribution in [0.2, 0.25) is 10.0 Å². The Kier molecular flexibility index (Phi) is 8.52. The Balaban J connectivity index is 2.03. The molecule has 108 valence electrons. The van der Waals surface area contributed by atoms with Gasteiger partial charge in [-0.15, -0.1) is 0 Å². The number of benzene rings is 1. The maximum atomic E-state index is 6.00. The predicted octanol–water partition coefficient (Wildman–Crippen LogP) is 5.34. The normalized spacial score (nSPS) is 11.2. The molecule has 0 aliphatic heterocycles. The highest BCUT2D eigenvalue weighted by Crippen LogP contribution is 2.23. The number of aryl methyl sites for hydroxylation is 1. The summed E-state index contributed by atoms with van der Waals surface area (Å²) in [5, 5.41) is 4.78. The highest BCUT2D eigenvalue weighted by Gasteiger charge is 1.99. The van der Waals surface area contributed by atoms with Gasteiger partial charge in [-0.3, -0.25) is 0 Å². The van der Waals surface area contributed by atoms with Crippen molar-refractivity contribution in [3.63, 3.8) is 0 Å². The maximum Gasteiger partial charge on any atom is 0.0595 e. The zero-order chi connectivity index (χ0) is 14.1. The molecule has 1 N–H and O–H groups in total. The van der Waals surface area contributed by atoms with Gasteiger partial charge in [-0.2, -0.15) is 0 Å². The molecule has 1 aromatic carbocycles. The molecular weight excluding hydrogens is 277 g/mol. The van der Waals surface area contributed by atoms with E-state index in [-0.39, 0.29) is 0 Å². The molecule has 0 saturated carbocycles. The van der Waals surface area contributed by atoms with E-state index in [1.807, 2.05) is 12.1 Å². The summed E-state index contributed by atoms with van der Waals surface area (Å²) in [6.45, 7) is 6.75. The van der Waals surface area contributed by atoms with Gasteiger partial charge >= 0.3 is 0 Å². The molecule has 0 radical (unpaired) electrons. The van der Waals surface area contributed by atoms with Gasteiger partial charge in [-0.25, -0.2) is 0 Å². The SMILES string of the molecule is CC(C)CNCCCCCCc1ccc(Cl)c(Cl)c1. The minimum absolute atomic E-state index is 0.640. The van der Waals surface area contributed by atoms with Gasteiger partial charge in [0.15, 0.2) is 0 Å². The second-order valence-electron chi connectivity index (χ2n) is 5.51. The van der Waals surface area contributed by atoms with Crippen molar-refractivity contribution in [1.29, 1.82) is 0 Å². The van der Waals surface area contributed by atoms with E-state index >= 15 is 0 Å². The van der Waals surface area contributed by atoms with E-state index in [0.29, 0.717) is 10.0 Å². The molecule has 0 aliphatic rings. The third kappa shape index (κ3) is 7.81. The molecule has 1 nitrogen and oxygen atoms in total. The largest absolute Gasteiger partial charge is 0.316 e. The highest BCUT2D eigenvalue weighted by molar-refractivity contribution is 6.42. The van der Waals surface area contributed by atoms with Crippen molar-refractivity contribution in [1.82, 2.24) is 5.32 Å². The fourth-order valence-electron chi connectivity index (χ4n) is 2.02. The first-order valence-corrected chi connectivity index (χ1v) is 8.00. The van der Waals surface area contributed by atoms with Crippen LogP contribution in [0.3, 0.4) is 0 Å². The molecule has 0 saturated heterocycles. The Bertz CT molecular complexity index is 364. The topological polar surface area (TPSA) is 12.0 Å². The van der Waals surface area contributed by atoms with Gasteiger partial charge in [0.2, 0.25) is 0 Å². The van der Waals surface area contributed by atoms with E-state index in [2.05, 4.69) is 25.2 Å². The first-order valence-electron chi connectivity index (χ1n) is 7.24. The molecule has 0 heterocycles. The number of hydrogen-bond acceptors (Lipinski definition) is 1. The lowest BCUT2D eigenvalue weighted by Crippen LogP contribution is -2.20. The van der Waals surface area contributed by atoms with E-state index in [9.17, 15) is 0 Å². The van der Waals surface area contributed by atoms with E-state index in [4.69, 9.17) is 23.2 Å². The molecule has 1 rings (SSSR count). The van der Waals surface area contributed by atoms with Crippen LogP contribution in [0, 0.1) is 5.92 Å². The molecule has 0 unspecified atom stereocenters. The van der Waals surface area contributed by atoms with Crippen LogP contribution in [0.5, 0.6) is 0 Å². The molecule has 1 aromatic rings. The lowest BCUT2D eigenvalue weighted by molar-refractivity contribution is 0.526. The van der Waals surface area contributed by atoms with Crippen molar-refractivity contribution in [2.24, 2.45) is 5.92 Å². The Labute approximate surface area is 127 Å².